The van der Waals surface area contributed by atoms with Crippen molar-refractivity contribution in [2.45, 2.75) is 46.1 Å². The molecule has 0 saturated heterocycles. The quantitative estimate of drug-likeness (QED) is 0.732. The van der Waals surface area contributed by atoms with E-state index >= 15 is 0 Å². The number of hydrogen-bond acceptors (Lipinski definition) is 2. The molecular formula is C11H22O2. The van der Waals surface area contributed by atoms with Crippen molar-refractivity contribution in [3.8, 4) is 0 Å². The first kappa shape index (κ1) is 11.0. The van der Waals surface area contributed by atoms with Gasteiger partial charge < -0.3 is 9.84 Å². The summed E-state index contributed by atoms with van der Waals surface area (Å²) in [6, 6.07) is 0. The average molecular weight is 186 g/mol. The normalized spacial score (nSPS) is 33.2. The fourth-order valence-corrected chi connectivity index (χ4v) is 2.60. The van der Waals surface area contributed by atoms with E-state index in [2.05, 4.69) is 20.8 Å². The molecule has 2 atom stereocenters. The first-order valence-electron chi connectivity index (χ1n) is 5.26. The Kier molecular flexibility index (Phi) is 3.74. The van der Waals surface area contributed by atoms with Crippen molar-refractivity contribution < 1.29 is 9.84 Å². The number of hydrogen-bond donors (Lipinski definition) is 1. The average Bonchev–Trinajstić information content (AvgIpc) is 1.97. The summed E-state index contributed by atoms with van der Waals surface area (Å²) < 4.78 is 5.59. The second kappa shape index (κ2) is 4.43. The van der Waals surface area contributed by atoms with Crippen molar-refractivity contribution in [1.82, 2.24) is 0 Å². The molecule has 0 aromatic heterocycles. The van der Waals surface area contributed by atoms with Crippen LogP contribution in [0.25, 0.3) is 0 Å². The number of aliphatic hydroxyl groups excluding tert-OH is 1. The summed E-state index contributed by atoms with van der Waals surface area (Å²) in [7, 11) is 0. The van der Waals surface area contributed by atoms with Gasteiger partial charge in [-0.2, -0.15) is 0 Å². The van der Waals surface area contributed by atoms with Gasteiger partial charge in [0.05, 0.1) is 19.3 Å². The van der Waals surface area contributed by atoms with Gasteiger partial charge in [-0.25, -0.2) is 0 Å². The number of rotatable bonds is 3. The van der Waals surface area contributed by atoms with Crippen LogP contribution in [0.4, 0.5) is 0 Å². The Bertz CT molecular complexity index is 154. The maximum absolute atomic E-state index is 8.67. The summed E-state index contributed by atoms with van der Waals surface area (Å²) in [5.74, 6) is 0.757. The molecule has 2 nitrogen and oxygen atoms in total. The highest BCUT2D eigenvalue weighted by Gasteiger charge is 2.32. The lowest BCUT2D eigenvalue weighted by molar-refractivity contribution is -0.0342. The van der Waals surface area contributed by atoms with Crippen LogP contribution in [-0.2, 0) is 4.74 Å². The van der Waals surface area contributed by atoms with Crippen LogP contribution in [0.5, 0.6) is 0 Å². The van der Waals surface area contributed by atoms with E-state index in [1.807, 2.05) is 0 Å². The van der Waals surface area contributed by atoms with Gasteiger partial charge in [0.25, 0.3) is 0 Å². The van der Waals surface area contributed by atoms with Crippen LogP contribution in [0.15, 0.2) is 0 Å². The zero-order chi connectivity index (χ0) is 9.90. The van der Waals surface area contributed by atoms with Crippen LogP contribution in [0.2, 0.25) is 0 Å². The molecule has 13 heavy (non-hydrogen) atoms. The predicted molar refractivity (Wildman–Crippen MR) is 53.6 cm³/mol. The molecule has 2 unspecified atom stereocenters. The highest BCUT2D eigenvalue weighted by atomic mass is 16.5. The van der Waals surface area contributed by atoms with Crippen LogP contribution in [0.3, 0.4) is 0 Å². The molecule has 0 aromatic rings. The standard InChI is InChI=1S/C11H22O2/c1-9-6-10(13-5-4-12)8-11(2,3)7-9/h9-10,12H,4-8H2,1-3H3. The topological polar surface area (TPSA) is 29.5 Å². The van der Waals surface area contributed by atoms with Crippen molar-refractivity contribution in [2.24, 2.45) is 11.3 Å². The minimum atomic E-state index is 0.144. The van der Waals surface area contributed by atoms with E-state index in [1.165, 1.54) is 6.42 Å². The van der Waals surface area contributed by atoms with Crippen molar-refractivity contribution in [3.63, 3.8) is 0 Å². The predicted octanol–water partition coefficient (Wildman–Crippen LogP) is 2.21. The van der Waals surface area contributed by atoms with Gasteiger partial charge in [-0.1, -0.05) is 20.8 Å². The molecule has 0 bridgehead atoms. The molecule has 0 heterocycles. The van der Waals surface area contributed by atoms with Gasteiger partial charge in [-0.15, -0.1) is 0 Å². The molecule has 78 valence electrons. The Hall–Kier alpha value is -0.0800. The Morgan fingerprint density at radius 1 is 1.38 bits per heavy atom. The van der Waals surface area contributed by atoms with E-state index in [9.17, 15) is 0 Å². The van der Waals surface area contributed by atoms with Gasteiger partial charge in [-0.3, -0.25) is 0 Å². The lowest BCUT2D eigenvalue weighted by atomic mass is 9.71. The van der Waals surface area contributed by atoms with Crippen molar-refractivity contribution in [1.29, 1.82) is 0 Å². The zero-order valence-electron chi connectivity index (χ0n) is 9.05. The Labute approximate surface area is 81.3 Å². The molecule has 1 rings (SSSR count). The molecule has 1 aliphatic rings. The molecule has 0 aromatic carbocycles. The largest absolute Gasteiger partial charge is 0.394 e. The molecule has 2 heteroatoms. The Morgan fingerprint density at radius 3 is 2.62 bits per heavy atom. The molecule has 1 N–H and O–H groups in total. The third kappa shape index (κ3) is 3.65. The van der Waals surface area contributed by atoms with Gasteiger partial charge >= 0.3 is 0 Å². The first-order valence-corrected chi connectivity index (χ1v) is 5.26. The maximum Gasteiger partial charge on any atom is 0.0701 e. The summed E-state index contributed by atoms with van der Waals surface area (Å²) >= 11 is 0. The van der Waals surface area contributed by atoms with Gasteiger partial charge in [0.1, 0.15) is 0 Å². The molecule has 0 spiro atoms. The molecule has 1 fully saturated rings. The lowest BCUT2D eigenvalue weighted by Gasteiger charge is -2.38. The monoisotopic (exact) mass is 186 g/mol. The second-order valence-corrected chi connectivity index (χ2v) is 5.13. The third-order valence-corrected chi connectivity index (χ3v) is 2.79. The van der Waals surface area contributed by atoms with Gasteiger partial charge in [0, 0.05) is 0 Å². The van der Waals surface area contributed by atoms with Gasteiger partial charge in [0.2, 0.25) is 0 Å². The van der Waals surface area contributed by atoms with Crippen molar-refractivity contribution >= 4 is 0 Å². The summed E-state index contributed by atoms with van der Waals surface area (Å²) in [6.07, 6.45) is 3.96. The summed E-state index contributed by atoms with van der Waals surface area (Å²) in [6.45, 7) is 7.53. The van der Waals surface area contributed by atoms with E-state index in [0.29, 0.717) is 18.1 Å². The van der Waals surface area contributed by atoms with Crippen LogP contribution >= 0.6 is 0 Å². The smallest absolute Gasteiger partial charge is 0.0701 e. The van der Waals surface area contributed by atoms with Crippen molar-refractivity contribution in [2.75, 3.05) is 13.2 Å². The van der Waals surface area contributed by atoms with Crippen LogP contribution in [-0.4, -0.2) is 24.4 Å². The Balaban J connectivity index is 2.38. The summed E-state index contributed by atoms with van der Waals surface area (Å²) in [4.78, 5) is 0. The first-order chi connectivity index (χ1) is 6.03. The minimum absolute atomic E-state index is 0.144. The van der Waals surface area contributed by atoms with Crippen LogP contribution in [0.1, 0.15) is 40.0 Å². The van der Waals surface area contributed by atoms with Gasteiger partial charge in [0.15, 0.2) is 0 Å². The van der Waals surface area contributed by atoms with E-state index in [1.54, 1.807) is 0 Å². The van der Waals surface area contributed by atoms with E-state index in [-0.39, 0.29) is 6.61 Å². The highest BCUT2D eigenvalue weighted by molar-refractivity contribution is 4.83. The van der Waals surface area contributed by atoms with Crippen LogP contribution in [0, 0.1) is 11.3 Å². The van der Waals surface area contributed by atoms with E-state index in [0.717, 1.165) is 18.8 Å². The molecule has 0 radical (unpaired) electrons. The molecule has 1 saturated carbocycles. The molecule has 0 amide bonds. The van der Waals surface area contributed by atoms with Gasteiger partial charge in [-0.05, 0) is 30.6 Å². The number of ether oxygens (including phenoxy) is 1. The zero-order valence-corrected chi connectivity index (χ0v) is 9.05. The summed E-state index contributed by atoms with van der Waals surface area (Å²) in [5, 5.41) is 8.67. The fraction of sp³-hybridized carbons (Fsp3) is 1.00. The fourth-order valence-electron chi connectivity index (χ4n) is 2.60. The molecule has 0 aliphatic heterocycles. The second-order valence-electron chi connectivity index (χ2n) is 5.13. The highest BCUT2D eigenvalue weighted by Crippen LogP contribution is 2.39. The van der Waals surface area contributed by atoms with E-state index in [4.69, 9.17) is 9.84 Å². The minimum Gasteiger partial charge on any atom is -0.394 e. The molecular weight excluding hydrogens is 164 g/mol. The van der Waals surface area contributed by atoms with E-state index < -0.39 is 0 Å². The Morgan fingerprint density at radius 2 is 2.08 bits per heavy atom. The third-order valence-electron chi connectivity index (χ3n) is 2.79. The lowest BCUT2D eigenvalue weighted by Crippen LogP contribution is -2.33. The summed E-state index contributed by atoms with van der Waals surface area (Å²) in [5.41, 5.74) is 0.414. The maximum atomic E-state index is 8.67. The SMILES string of the molecule is CC1CC(OCCO)CC(C)(C)C1. The molecule has 1 aliphatic carbocycles. The van der Waals surface area contributed by atoms with Crippen LogP contribution < -0.4 is 0 Å². The van der Waals surface area contributed by atoms with Crippen molar-refractivity contribution in [3.05, 3.63) is 0 Å². The number of aliphatic hydroxyl groups is 1.